The molecule has 0 saturated carbocycles. The fraction of sp³-hybridized carbons (Fsp3) is 0.0435. The van der Waals surface area contributed by atoms with Gasteiger partial charge in [-0.3, -0.25) is 9.59 Å². The lowest BCUT2D eigenvalue weighted by atomic mass is 10.1. The van der Waals surface area contributed by atoms with Gasteiger partial charge < -0.3 is 4.42 Å². The van der Waals surface area contributed by atoms with Gasteiger partial charge in [-0.2, -0.15) is 9.50 Å². The topological polar surface area (TPSA) is 77.5 Å². The first-order valence-electron chi connectivity index (χ1n) is 9.37. The lowest BCUT2D eigenvalue weighted by molar-refractivity contribution is 0.101. The second kappa shape index (κ2) is 7.72. The van der Waals surface area contributed by atoms with Gasteiger partial charge >= 0.3 is 0 Å². The van der Waals surface area contributed by atoms with Crippen LogP contribution < -0.4 is 10.1 Å². The molecule has 0 aliphatic heterocycles. The van der Waals surface area contributed by atoms with E-state index in [2.05, 4.69) is 26.0 Å². The zero-order valence-corrected chi connectivity index (χ0v) is 18.6. The molecule has 0 fully saturated rings. The maximum absolute atomic E-state index is 12.8. The van der Waals surface area contributed by atoms with Crippen LogP contribution in [-0.2, 0) is 0 Å². The predicted molar refractivity (Wildman–Crippen MR) is 123 cm³/mol. The molecule has 6 nitrogen and oxygen atoms in total. The normalized spacial score (nSPS) is 12.0. The second-order valence-corrected chi connectivity index (χ2v) is 8.72. The third kappa shape index (κ3) is 3.64. The molecule has 0 bridgehead atoms. The van der Waals surface area contributed by atoms with Crippen LogP contribution in [0.25, 0.3) is 33.7 Å². The van der Waals surface area contributed by atoms with E-state index < -0.39 is 0 Å². The summed E-state index contributed by atoms with van der Waals surface area (Å²) in [5.74, 6) is 1.72. The van der Waals surface area contributed by atoms with Crippen LogP contribution in [0.2, 0.25) is 0 Å². The molecule has 0 unspecified atom stereocenters. The van der Waals surface area contributed by atoms with Crippen LogP contribution >= 0.6 is 27.3 Å². The van der Waals surface area contributed by atoms with Crippen molar-refractivity contribution < 1.29 is 9.21 Å². The van der Waals surface area contributed by atoms with Gasteiger partial charge in [0.05, 0.1) is 0 Å². The van der Waals surface area contributed by atoms with Gasteiger partial charge in [-0.15, -0.1) is 5.10 Å². The van der Waals surface area contributed by atoms with Crippen molar-refractivity contribution in [3.05, 3.63) is 91.3 Å². The van der Waals surface area contributed by atoms with Gasteiger partial charge in [-0.1, -0.05) is 63.7 Å². The number of hydrogen-bond acceptors (Lipinski definition) is 6. The van der Waals surface area contributed by atoms with E-state index in [0.717, 1.165) is 15.6 Å². The van der Waals surface area contributed by atoms with E-state index in [9.17, 15) is 9.59 Å². The molecule has 0 aliphatic carbocycles. The lowest BCUT2D eigenvalue weighted by Gasteiger charge is -1.98. The SMILES string of the molecule is CC(=O)c1ccc(-c2ccc(/C=c3\sc4nc(-c5ccccc5Br)nn4c3=O)o2)cc1. The van der Waals surface area contributed by atoms with Gasteiger partial charge in [0.15, 0.2) is 11.6 Å². The number of fused-ring (bicyclic) bond motifs is 1. The van der Waals surface area contributed by atoms with Crippen molar-refractivity contribution in [2.75, 3.05) is 0 Å². The Bertz CT molecular complexity index is 1550. The quantitative estimate of drug-likeness (QED) is 0.343. The molecule has 0 spiro atoms. The van der Waals surface area contributed by atoms with Gasteiger partial charge in [0, 0.05) is 27.2 Å². The Kier molecular flexibility index (Phi) is 4.88. The van der Waals surface area contributed by atoms with E-state index in [1.54, 1.807) is 24.3 Å². The van der Waals surface area contributed by atoms with Crippen LogP contribution in [0.4, 0.5) is 0 Å². The van der Waals surface area contributed by atoms with E-state index in [0.29, 0.717) is 32.4 Å². The van der Waals surface area contributed by atoms with Crippen molar-refractivity contribution in [3.63, 3.8) is 0 Å². The average Bonchev–Trinajstić information content (AvgIpc) is 3.46. The summed E-state index contributed by atoms with van der Waals surface area (Å²) >= 11 is 4.75. The maximum Gasteiger partial charge on any atom is 0.291 e. The van der Waals surface area contributed by atoms with Crippen LogP contribution in [-0.4, -0.2) is 20.4 Å². The first-order chi connectivity index (χ1) is 15.0. The number of Topliss-reactive ketones (excluding diaryl/α,β-unsaturated/α-hetero) is 1. The Morgan fingerprint density at radius 2 is 1.87 bits per heavy atom. The summed E-state index contributed by atoms with van der Waals surface area (Å²) < 4.78 is 8.55. The molecule has 152 valence electrons. The van der Waals surface area contributed by atoms with Gasteiger partial charge in [-0.25, -0.2) is 0 Å². The number of thiazole rings is 1. The number of rotatable bonds is 4. The smallest absolute Gasteiger partial charge is 0.291 e. The summed E-state index contributed by atoms with van der Waals surface area (Å²) in [6, 6.07) is 18.5. The van der Waals surface area contributed by atoms with E-state index in [-0.39, 0.29) is 11.3 Å². The third-order valence-corrected chi connectivity index (χ3v) is 6.42. The van der Waals surface area contributed by atoms with E-state index in [1.807, 2.05) is 42.5 Å². The number of halogens is 1. The molecule has 5 rings (SSSR count). The molecule has 2 aromatic carbocycles. The molecule has 5 aromatic rings. The van der Waals surface area contributed by atoms with Crippen molar-refractivity contribution in [3.8, 4) is 22.7 Å². The van der Waals surface area contributed by atoms with Gasteiger partial charge in [0.1, 0.15) is 16.1 Å². The van der Waals surface area contributed by atoms with Crippen molar-refractivity contribution in [2.24, 2.45) is 0 Å². The molecule has 0 radical (unpaired) electrons. The monoisotopic (exact) mass is 491 g/mol. The highest BCUT2D eigenvalue weighted by atomic mass is 79.9. The summed E-state index contributed by atoms with van der Waals surface area (Å²) in [5.41, 5.74) is 2.09. The molecule has 0 N–H and O–H groups in total. The molecule has 3 aromatic heterocycles. The Morgan fingerprint density at radius 3 is 2.58 bits per heavy atom. The number of carbonyl (C=O) groups is 1. The Balaban J connectivity index is 1.49. The Labute approximate surface area is 188 Å². The fourth-order valence-corrected chi connectivity index (χ4v) is 4.52. The minimum atomic E-state index is -0.241. The number of aromatic nitrogens is 3. The van der Waals surface area contributed by atoms with Crippen LogP contribution in [0.1, 0.15) is 23.0 Å². The van der Waals surface area contributed by atoms with Gasteiger partial charge in [-0.05, 0) is 31.2 Å². The van der Waals surface area contributed by atoms with Crippen LogP contribution in [0.3, 0.4) is 0 Å². The van der Waals surface area contributed by atoms with E-state index >= 15 is 0 Å². The third-order valence-electron chi connectivity index (χ3n) is 4.77. The molecular formula is C23H14BrN3O3S. The summed E-state index contributed by atoms with van der Waals surface area (Å²) in [5, 5.41) is 4.38. The summed E-state index contributed by atoms with van der Waals surface area (Å²) in [4.78, 5) is 29.3. The minimum Gasteiger partial charge on any atom is -0.457 e. The zero-order valence-electron chi connectivity index (χ0n) is 16.2. The highest BCUT2D eigenvalue weighted by Crippen LogP contribution is 2.26. The largest absolute Gasteiger partial charge is 0.457 e. The molecule has 8 heteroatoms. The van der Waals surface area contributed by atoms with Crippen LogP contribution in [0.5, 0.6) is 0 Å². The van der Waals surface area contributed by atoms with Gasteiger partial charge in [0.25, 0.3) is 5.56 Å². The number of carbonyl (C=O) groups excluding carboxylic acids is 1. The number of ketones is 1. The average molecular weight is 492 g/mol. The molecule has 0 amide bonds. The number of benzene rings is 2. The van der Waals surface area contributed by atoms with E-state index in [4.69, 9.17) is 4.42 Å². The first kappa shape index (κ1) is 19.6. The summed E-state index contributed by atoms with van der Waals surface area (Å²) in [7, 11) is 0. The molecule has 0 saturated heterocycles. The van der Waals surface area contributed by atoms with Crippen molar-refractivity contribution in [1.29, 1.82) is 0 Å². The highest BCUT2D eigenvalue weighted by Gasteiger charge is 2.14. The molecular weight excluding hydrogens is 478 g/mol. The van der Waals surface area contributed by atoms with Crippen molar-refractivity contribution in [2.45, 2.75) is 6.92 Å². The lowest BCUT2D eigenvalue weighted by Crippen LogP contribution is -2.23. The maximum atomic E-state index is 12.8. The summed E-state index contributed by atoms with van der Waals surface area (Å²) in [6.45, 7) is 1.53. The fourth-order valence-electron chi connectivity index (χ4n) is 3.17. The number of hydrogen-bond donors (Lipinski definition) is 0. The molecule has 3 heterocycles. The minimum absolute atomic E-state index is 0.0158. The van der Waals surface area contributed by atoms with Gasteiger partial charge in [0.2, 0.25) is 4.96 Å². The number of nitrogens with zero attached hydrogens (tertiary/aromatic N) is 3. The molecule has 31 heavy (non-hydrogen) atoms. The highest BCUT2D eigenvalue weighted by molar-refractivity contribution is 9.10. The first-order valence-corrected chi connectivity index (χ1v) is 11.0. The number of furan rings is 1. The second-order valence-electron chi connectivity index (χ2n) is 6.86. The molecule has 0 atom stereocenters. The molecule has 0 aliphatic rings. The van der Waals surface area contributed by atoms with E-state index in [1.165, 1.54) is 22.8 Å². The van der Waals surface area contributed by atoms with Crippen LogP contribution in [0.15, 0.2) is 74.3 Å². The van der Waals surface area contributed by atoms with Crippen LogP contribution in [0, 0.1) is 0 Å². The standard InChI is InChI=1S/C23H14BrN3O3S/c1-13(28)14-6-8-15(9-7-14)19-11-10-16(30-19)12-20-22(29)27-23(31-20)25-21(26-27)17-4-2-3-5-18(17)24/h2-12H,1H3/b20-12-. The van der Waals surface area contributed by atoms with Crippen molar-refractivity contribution in [1.82, 2.24) is 14.6 Å². The zero-order chi connectivity index (χ0) is 21.5. The Hall–Kier alpha value is -3.36. The summed E-state index contributed by atoms with van der Waals surface area (Å²) in [6.07, 6.45) is 1.69. The van der Waals surface area contributed by atoms with Crippen molar-refractivity contribution >= 4 is 44.1 Å². The Morgan fingerprint density at radius 1 is 1.10 bits per heavy atom. The predicted octanol–water partition coefficient (Wildman–Crippen LogP) is 4.59.